The Hall–Kier alpha value is -0.0300. The standard InChI is InChI=1S/C22H28FN2O9P.C13H18FNO4.H11P9.11H2/c1-13(20(29)31-4)24-35(30,34-16-8-6-5-7-9-16)33-14(2)18-19(28)22(3,23)21(32-18)25-11-10-15(26)12-17(25)27;1-7-11(8(2)16)19-12(13(7,3)14)15-5-4-9(17)6-10(15)18;1-6-9(7(2)3)8(4)5;;;;;;;;;;;/h5-11,13-14,18-19,21,28H,12H2,1-4H3,(H,24,30);4-5,7-8,11-12,16H,6H2,1-3H3;6H,1-5H2;11*1H/t13-,14-,18+,19+,21+,22+,35?;7-,8+,11?,12-,13-;;;;;;;;;;;;/m01............/s1/i;;;10*1+1D;1+1. The van der Waals surface area contributed by atoms with Crippen molar-refractivity contribution in [3.63, 3.8) is 0 Å². The smallest absolute Gasteiger partial charge is 0.459 e. The first kappa shape index (κ1) is 43.0. The van der Waals surface area contributed by atoms with Crippen molar-refractivity contribution in [2.45, 2.75) is 115 Å². The summed E-state index contributed by atoms with van der Waals surface area (Å²) in [4.78, 5) is 60.6. The number of rotatable bonds is 14. The number of methoxy groups -OCH3 is 1. The Labute approximate surface area is 415 Å². The number of para-hydroxylation sites is 1. The maximum Gasteiger partial charge on any atom is 0.459 e. The second-order valence-electron chi connectivity index (χ2n) is 15.0. The fourth-order valence-corrected chi connectivity index (χ4v) is 69.4. The summed E-state index contributed by atoms with van der Waals surface area (Å²) in [6.07, 6.45) is -4.67. The topological polar surface area (TPSA) is 208 Å². The third-order valence-electron chi connectivity index (χ3n) is 10.1. The molecule has 0 radical (unpaired) electrons. The Bertz CT molecular complexity index is 1950. The number of nitrogens with zero attached hydrogens (tertiary/aromatic N) is 2. The molecule has 1 aromatic rings. The van der Waals surface area contributed by atoms with Crippen LogP contribution in [0.4, 0.5) is 8.78 Å². The molecule has 8 unspecified atom stereocenters. The predicted octanol–water partition coefficient (Wildman–Crippen LogP) is 10.1. The molecule has 5 rings (SSSR count). The molecule has 0 saturated carbocycles. The summed E-state index contributed by atoms with van der Waals surface area (Å²) >= 11 is 0. The number of carbonyl (C=O) groups excluding carboxylic acids is 5. The van der Waals surface area contributed by atoms with Crippen LogP contribution in [0.1, 0.15) is 85.5 Å². The van der Waals surface area contributed by atoms with Gasteiger partial charge in [0.2, 0.25) is 11.8 Å². The molecule has 63 heavy (non-hydrogen) atoms. The molecule has 4 heterocycles. The Morgan fingerprint density at radius 1 is 0.952 bits per heavy atom. The lowest BCUT2D eigenvalue weighted by Gasteiger charge is -2.33. The van der Waals surface area contributed by atoms with E-state index < -0.39 is 104 Å². The van der Waals surface area contributed by atoms with Crippen molar-refractivity contribution in [2.24, 2.45) is 5.92 Å². The number of esters is 1. The van der Waals surface area contributed by atoms with Crippen LogP contribution >= 0.6 is 81.3 Å². The molecule has 18 atom stereocenters. The molecule has 2 fully saturated rings. The summed E-state index contributed by atoms with van der Waals surface area (Å²) in [5, 5.41) is 22.8. The van der Waals surface area contributed by atoms with Gasteiger partial charge in [0.15, 0.2) is 35.4 Å². The zero-order valence-corrected chi connectivity index (χ0v) is 45.9. The van der Waals surface area contributed by atoms with Gasteiger partial charge in [-0.1, -0.05) is 33.1 Å². The molecular weight excluding hydrogens is 1020 g/mol. The largest absolute Gasteiger partial charge is 0.468 e. The van der Waals surface area contributed by atoms with Crippen LogP contribution in [0.15, 0.2) is 54.9 Å². The van der Waals surface area contributed by atoms with Crippen molar-refractivity contribution in [1.82, 2.24) is 14.9 Å². The number of aliphatic hydroxyl groups is 2. The minimum atomic E-state index is -4.32. The van der Waals surface area contributed by atoms with Gasteiger partial charge in [-0.2, -0.15) is 5.09 Å². The first-order valence-corrected chi connectivity index (χ1v) is 36.2. The maximum absolute atomic E-state index is 15.6. The molecule has 376 valence electrons. The zero-order chi connectivity index (χ0) is 67.8. The lowest BCUT2D eigenvalue weighted by atomic mass is 9.87. The van der Waals surface area contributed by atoms with Crippen LogP contribution in [-0.4, -0.2) is 117 Å². The second-order valence-corrected chi connectivity index (χ2v) is 47.3. The summed E-state index contributed by atoms with van der Waals surface area (Å²) in [6.45, 7) is 8.95. The van der Waals surface area contributed by atoms with E-state index in [9.17, 15) is 43.1 Å². The van der Waals surface area contributed by atoms with Crippen molar-refractivity contribution < 1.29 is 102 Å². The molecule has 28 heteroatoms. The fraction of sp³-hybridized carbons (Fsp3) is 0.571. The number of halogens is 2. The average Bonchev–Trinajstić information content (AvgIpc) is 3.87. The highest BCUT2D eigenvalue weighted by Gasteiger charge is 2.60. The van der Waals surface area contributed by atoms with Gasteiger partial charge >= 0.3 is 13.7 Å². The molecule has 4 aliphatic rings. The molecule has 4 aliphatic heterocycles. The molecule has 0 spiro atoms. The van der Waals surface area contributed by atoms with Crippen LogP contribution in [-0.2, 0) is 47.3 Å². The molecule has 0 bridgehead atoms. The molecule has 3 N–H and O–H groups in total. The Morgan fingerprint density at radius 2 is 1.43 bits per heavy atom. The van der Waals surface area contributed by atoms with Gasteiger partial charge in [-0.15, -0.1) is 44.6 Å². The number of aliphatic hydroxyl groups excluding tert-OH is 2. The SMILES string of the molecule is COC(=O)[C@H](C)NP(=O)(Oc1ccccc1)O[C@@H](C)[C@H]1O[C@@H](N2C=CC(=O)CC2=O)[C@](C)(F)[C@@H]1O.C[C@H](O)C1O[C@@H](N2C=CC(=O)CC2=O)[C@](C)(F)[C@@H]1C.PPP(P(P)P)P(P)P.[2HH].[2H][2H].[2H][2H].[2H][2H].[2H][2H].[2H][2H].[2H][2H].[2H][2H].[2H][2H].[2H][2H].[2H][2H]. The van der Waals surface area contributed by atoms with Crippen LogP contribution < -0.4 is 9.61 Å². The molecule has 1 aromatic carbocycles. The predicted molar refractivity (Wildman–Crippen MR) is 285 cm³/mol. The van der Waals surface area contributed by atoms with Crippen molar-refractivity contribution in [1.29, 1.82) is 0 Å². The van der Waals surface area contributed by atoms with Crippen molar-refractivity contribution in [3.8, 4) is 5.75 Å². The third kappa shape index (κ3) is 15.2. The summed E-state index contributed by atoms with van der Waals surface area (Å²) < 4.78 is 171. The van der Waals surface area contributed by atoms with Gasteiger partial charge in [-0.3, -0.25) is 38.3 Å². The van der Waals surface area contributed by atoms with Crippen LogP contribution in [0, 0.1) is 5.92 Å². The van der Waals surface area contributed by atoms with E-state index in [-0.39, 0.29) is 33.4 Å². The van der Waals surface area contributed by atoms with Crippen molar-refractivity contribution in [3.05, 3.63) is 54.9 Å². The average molecular weight is 1120 g/mol. The highest BCUT2D eigenvalue weighted by molar-refractivity contribution is 9.10. The molecule has 16 nitrogen and oxygen atoms in total. The van der Waals surface area contributed by atoms with Crippen molar-refractivity contribution in [2.75, 3.05) is 7.11 Å². The van der Waals surface area contributed by atoms with E-state index in [4.69, 9.17) is 48.2 Å². The lowest BCUT2D eigenvalue weighted by molar-refractivity contribution is -0.153. The quantitative estimate of drug-likeness (QED) is 0.0900. The Morgan fingerprint density at radius 3 is 1.83 bits per heavy atom. The monoisotopic (exact) mass is 1120 g/mol. The number of allylic oxidation sites excluding steroid dienone is 2. The highest BCUT2D eigenvalue weighted by Crippen LogP contribution is 3.04. The molecule has 2 amide bonds. The van der Waals surface area contributed by atoms with Gasteiger partial charge in [-0.25, -0.2) is 13.3 Å². The van der Waals surface area contributed by atoms with E-state index in [2.05, 4.69) is 54.5 Å². The van der Waals surface area contributed by atoms with Gasteiger partial charge in [0.05, 0.1) is 38.3 Å². The summed E-state index contributed by atoms with van der Waals surface area (Å²) in [6, 6.07) is 6.88. The molecule has 2 saturated heterocycles. The van der Waals surface area contributed by atoms with Gasteiger partial charge in [0.1, 0.15) is 24.0 Å². The Kier molecular flexibility index (Phi) is 17.1. The Balaban J connectivity index is -0.000000138. The minimum absolute atomic E-state index is 0. The number of amides is 2. The van der Waals surface area contributed by atoms with E-state index in [1.807, 2.05) is 0 Å². The van der Waals surface area contributed by atoms with E-state index in [1.165, 1.54) is 52.1 Å². The van der Waals surface area contributed by atoms with E-state index in [1.54, 1.807) is 25.1 Å². The summed E-state index contributed by atoms with van der Waals surface area (Å²) in [7, 11) is 12.5. The minimum Gasteiger partial charge on any atom is -0.468 e. The summed E-state index contributed by atoms with van der Waals surface area (Å²) in [5.74, 6) is -3.07. The third-order valence-corrected chi connectivity index (χ3v) is 56.1. The first-order valence-electron chi connectivity index (χ1n) is 29.1. The van der Waals surface area contributed by atoms with E-state index >= 15 is 4.39 Å². The number of ether oxygens (including phenoxy) is 3. The van der Waals surface area contributed by atoms with Crippen LogP contribution in [0.5, 0.6) is 5.75 Å². The van der Waals surface area contributed by atoms with E-state index in [0.717, 1.165) is 44.1 Å². The normalized spacial score (nSPS) is 32.2. The van der Waals surface area contributed by atoms with Gasteiger partial charge in [-0.05, 0) is 79.9 Å². The molecule has 0 aromatic heterocycles. The maximum atomic E-state index is 15.6. The second kappa shape index (κ2) is 25.0. The number of hydrogen-bond acceptors (Lipinski definition) is 13. The number of nitrogens with one attached hydrogen (secondary N) is 1. The number of alkyl halides is 2. The van der Waals surface area contributed by atoms with Crippen LogP contribution in [0.25, 0.3) is 0 Å². The number of hydrogen-bond donors (Lipinski definition) is 3. The van der Waals surface area contributed by atoms with Gasteiger partial charge in [0.25, 0.3) is 0 Å². The molecular formula is C35H79F2N3O13P10. The van der Waals surface area contributed by atoms with Crippen molar-refractivity contribution >= 4 is 111 Å². The van der Waals surface area contributed by atoms with Gasteiger partial charge in [0, 0.05) is 49.4 Å². The zero-order valence-electron chi connectivity index (χ0n) is 55.5. The molecule has 0 aliphatic carbocycles. The number of benzene rings is 1. The van der Waals surface area contributed by atoms with Crippen LogP contribution in [0.3, 0.4) is 0 Å². The fourth-order valence-electron chi connectivity index (χ4n) is 6.55. The number of carbonyl (C=O) groups is 5. The summed E-state index contributed by atoms with van der Waals surface area (Å²) in [5.41, 5.74) is -4.25. The van der Waals surface area contributed by atoms with Crippen LogP contribution in [0.2, 0.25) is 0 Å². The lowest BCUT2D eigenvalue weighted by Crippen LogP contribution is -2.51. The number of ketones is 2. The first-order chi connectivity index (χ1) is 39.2. The van der Waals surface area contributed by atoms with E-state index in [0.29, 0.717) is 6.99 Å². The van der Waals surface area contributed by atoms with Gasteiger partial charge < -0.3 is 28.9 Å². The highest BCUT2D eigenvalue weighted by atomic mass is 33.2.